The summed E-state index contributed by atoms with van der Waals surface area (Å²) in [6, 6.07) is 5.26. The number of hydrogen-bond donors (Lipinski definition) is 2. The maximum Gasteiger partial charge on any atom is 0.326 e. The molecule has 114 valence electrons. The number of ether oxygens (including phenoxy) is 1. The van der Waals surface area contributed by atoms with Crippen molar-refractivity contribution in [2.45, 2.75) is 31.7 Å². The van der Waals surface area contributed by atoms with Gasteiger partial charge in [0.25, 0.3) is 0 Å². The van der Waals surface area contributed by atoms with Crippen LogP contribution in [0.1, 0.15) is 25.7 Å². The molecular weight excluding hydrogens is 277 g/mol. The average molecular weight is 295 g/mol. The summed E-state index contributed by atoms with van der Waals surface area (Å²) < 4.78 is 18.5. The molecule has 0 aliphatic heterocycles. The first-order valence-corrected chi connectivity index (χ1v) is 6.97. The van der Waals surface area contributed by atoms with Gasteiger partial charge in [-0.15, -0.1) is 0 Å². The third kappa shape index (κ3) is 4.73. The molecule has 1 saturated carbocycles. The van der Waals surface area contributed by atoms with Crippen LogP contribution in [0.3, 0.4) is 0 Å². The van der Waals surface area contributed by atoms with E-state index < -0.39 is 17.8 Å². The monoisotopic (exact) mass is 295 g/mol. The standard InChI is InChI=1S/C15H18FNO4/c16-11-4-1-2-5-12(11)21-9-3-6-13(18)17-14(15(19)20)10-7-8-10/h1-2,4-5,10,14H,3,6-9H2,(H,17,18)(H,19,20). The van der Waals surface area contributed by atoms with Crippen LogP contribution in [0.25, 0.3) is 0 Å². The van der Waals surface area contributed by atoms with Gasteiger partial charge in [-0.25, -0.2) is 9.18 Å². The van der Waals surface area contributed by atoms with Crippen molar-refractivity contribution in [1.29, 1.82) is 0 Å². The summed E-state index contributed by atoms with van der Waals surface area (Å²) >= 11 is 0. The molecule has 1 aliphatic carbocycles. The lowest BCUT2D eigenvalue weighted by Gasteiger charge is -2.13. The fourth-order valence-electron chi connectivity index (χ4n) is 2.03. The number of halogens is 1. The van der Waals surface area contributed by atoms with Crippen LogP contribution in [0.15, 0.2) is 24.3 Å². The highest BCUT2D eigenvalue weighted by atomic mass is 19.1. The molecule has 0 heterocycles. The molecule has 1 unspecified atom stereocenters. The molecule has 0 radical (unpaired) electrons. The summed E-state index contributed by atoms with van der Waals surface area (Å²) in [6.45, 7) is 0.204. The van der Waals surface area contributed by atoms with Gasteiger partial charge in [-0.2, -0.15) is 0 Å². The number of carboxylic acids is 1. The Balaban J connectivity index is 1.67. The molecule has 1 atom stereocenters. The van der Waals surface area contributed by atoms with Crippen LogP contribution in [-0.4, -0.2) is 29.6 Å². The highest BCUT2D eigenvalue weighted by Crippen LogP contribution is 2.32. The largest absolute Gasteiger partial charge is 0.491 e. The molecule has 1 amide bonds. The number of hydrogen-bond acceptors (Lipinski definition) is 3. The molecule has 5 nitrogen and oxygen atoms in total. The van der Waals surface area contributed by atoms with Gasteiger partial charge in [-0.1, -0.05) is 12.1 Å². The Hall–Kier alpha value is -2.11. The van der Waals surface area contributed by atoms with Gasteiger partial charge >= 0.3 is 5.97 Å². The Kier molecular flexibility index (Phi) is 5.14. The van der Waals surface area contributed by atoms with Crippen LogP contribution in [0.5, 0.6) is 5.75 Å². The van der Waals surface area contributed by atoms with Crippen molar-refractivity contribution in [3.05, 3.63) is 30.1 Å². The number of carbonyl (C=O) groups is 2. The molecule has 0 spiro atoms. The lowest BCUT2D eigenvalue weighted by atomic mass is 10.2. The number of carbonyl (C=O) groups excluding carboxylic acids is 1. The molecule has 6 heteroatoms. The highest BCUT2D eigenvalue weighted by molar-refractivity contribution is 5.83. The van der Waals surface area contributed by atoms with Gasteiger partial charge in [0.05, 0.1) is 6.61 Å². The summed E-state index contributed by atoms with van der Waals surface area (Å²) in [5, 5.41) is 11.5. The second-order valence-corrected chi connectivity index (χ2v) is 5.10. The van der Waals surface area contributed by atoms with E-state index in [0.717, 1.165) is 12.8 Å². The number of benzene rings is 1. The van der Waals surface area contributed by atoms with Crippen molar-refractivity contribution in [3.8, 4) is 5.75 Å². The fourth-order valence-corrected chi connectivity index (χ4v) is 2.03. The SMILES string of the molecule is O=C(CCCOc1ccccc1F)NC(C(=O)O)C1CC1. The molecule has 0 aromatic heterocycles. The quantitative estimate of drug-likeness (QED) is 0.719. The van der Waals surface area contributed by atoms with Gasteiger partial charge in [0, 0.05) is 6.42 Å². The number of carboxylic acid groups (broad SMARTS) is 1. The summed E-state index contributed by atoms with van der Waals surface area (Å²) in [5.41, 5.74) is 0. The lowest BCUT2D eigenvalue weighted by molar-refractivity contribution is -0.142. The van der Waals surface area contributed by atoms with Crippen molar-refractivity contribution in [2.24, 2.45) is 5.92 Å². The van der Waals surface area contributed by atoms with Crippen molar-refractivity contribution in [2.75, 3.05) is 6.61 Å². The molecule has 1 aromatic carbocycles. The van der Waals surface area contributed by atoms with Gasteiger partial charge in [0.2, 0.25) is 5.91 Å². The van der Waals surface area contributed by atoms with Crippen LogP contribution in [0, 0.1) is 11.7 Å². The Morgan fingerprint density at radius 2 is 2.10 bits per heavy atom. The summed E-state index contributed by atoms with van der Waals surface area (Å²) in [6.07, 6.45) is 2.24. The summed E-state index contributed by atoms with van der Waals surface area (Å²) in [7, 11) is 0. The molecule has 0 bridgehead atoms. The minimum Gasteiger partial charge on any atom is -0.491 e. The topological polar surface area (TPSA) is 75.6 Å². The smallest absolute Gasteiger partial charge is 0.326 e. The van der Waals surface area contributed by atoms with E-state index >= 15 is 0 Å². The molecule has 21 heavy (non-hydrogen) atoms. The molecular formula is C15H18FNO4. The third-order valence-electron chi connectivity index (χ3n) is 3.32. The predicted octanol–water partition coefficient (Wildman–Crippen LogP) is 1.96. The fraction of sp³-hybridized carbons (Fsp3) is 0.467. The number of rotatable bonds is 8. The van der Waals surface area contributed by atoms with Crippen LogP contribution < -0.4 is 10.1 Å². The van der Waals surface area contributed by atoms with E-state index in [2.05, 4.69) is 5.32 Å². The molecule has 2 rings (SSSR count). The third-order valence-corrected chi connectivity index (χ3v) is 3.32. The van der Waals surface area contributed by atoms with E-state index in [1.165, 1.54) is 12.1 Å². The second kappa shape index (κ2) is 7.06. The first-order valence-electron chi connectivity index (χ1n) is 6.97. The van der Waals surface area contributed by atoms with Crippen LogP contribution in [0.4, 0.5) is 4.39 Å². The molecule has 0 saturated heterocycles. The molecule has 2 N–H and O–H groups in total. The van der Waals surface area contributed by atoms with E-state index in [1.807, 2.05) is 0 Å². The number of para-hydroxylation sites is 1. The van der Waals surface area contributed by atoms with Gasteiger partial charge in [0.15, 0.2) is 11.6 Å². The van der Waals surface area contributed by atoms with E-state index in [0.29, 0.717) is 6.42 Å². The minimum atomic E-state index is -0.992. The zero-order valence-electron chi connectivity index (χ0n) is 11.5. The van der Waals surface area contributed by atoms with Gasteiger partial charge in [-0.3, -0.25) is 4.79 Å². The first-order chi connectivity index (χ1) is 10.1. The molecule has 1 aliphatic rings. The number of aliphatic carboxylic acids is 1. The van der Waals surface area contributed by atoms with E-state index in [4.69, 9.17) is 9.84 Å². The Bertz CT molecular complexity index is 516. The van der Waals surface area contributed by atoms with Gasteiger partial charge in [-0.05, 0) is 37.3 Å². The van der Waals surface area contributed by atoms with Gasteiger partial charge < -0.3 is 15.2 Å². The van der Waals surface area contributed by atoms with Crippen molar-refractivity contribution in [3.63, 3.8) is 0 Å². The van der Waals surface area contributed by atoms with E-state index in [9.17, 15) is 14.0 Å². The van der Waals surface area contributed by atoms with Crippen molar-refractivity contribution >= 4 is 11.9 Å². The Morgan fingerprint density at radius 1 is 1.38 bits per heavy atom. The maximum atomic E-state index is 13.3. The van der Waals surface area contributed by atoms with Crippen molar-refractivity contribution in [1.82, 2.24) is 5.32 Å². The second-order valence-electron chi connectivity index (χ2n) is 5.10. The predicted molar refractivity (Wildman–Crippen MR) is 73.4 cm³/mol. The Morgan fingerprint density at radius 3 is 2.71 bits per heavy atom. The number of amides is 1. The zero-order valence-corrected chi connectivity index (χ0v) is 11.5. The zero-order chi connectivity index (χ0) is 15.2. The van der Waals surface area contributed by atoms with E-state index in [-0.39, 0.29) is 30.6 Å². The highest BCUT2D eigenvalue weighted by Gasteiger charge is 2.37. The minimum absolute atomic E-state index is 0.0566. The van der Waals surface area contributed by atoms with Crippen LogP contribution >= 0.6 is 0 Å². The lowest BCUT2D eigenvalue weighted by Crippen LogP contribution is -2.42. The van der Waals surface area contributed by atoms with Crippen LogP contribution in [-0.2, 0) is 9.59 Å². The average Bonchev–Trinajstić information content (AvgIpc) is 3.27. The van der Waals surface area contributed by atoms with Gasteiger partial charge in [0.1, 0.15) is 6.04 Å². The summed E-state index contributed by atoms with van der Waals surface area (Å²) in [5.74, 6) is -1.54. The normalized spacial score (nSPS) is 15.3. The maximum absolute atomic E-state index is 13.3. The first kappa shape index (κ1) is 15.3. The van der Waals surface area contributed by atoms with Crippen LogP contribution in [0.2, 0.25) is 0 Å². The molecule has 1 fully saturated rings. The summed E-state index contributed by atoms with van der Waals surface area (Å²) in [4.78, 5) is 22.7. The van der Waals surface area contributed by atoms with E-state index in [1.54, 1.807) is 12.1 Å². The molecule has 1 aromatic rings. The van der Waals surface area contributed by atoms with Crippen molar-refractivity contribution < 1.29 is 23.8 Å². The number of nitrogens with one attached hydrogen (secondary N) is 1. The Labute approximate surface area is 122 Å².